The fourth-order valence-corrected chi connectivity index (χ4v) is 2.88. The number of imide groups is 1. The van der Waals surface area contributed by atoms with E-state index >= 15 is 0 Å². The van der Waals surface area contributed by atoms with Crippen LogP contribution in [0, 0.1) is 11.6 Å². The number of aliphatic hydroxyl groups excluding tert-OH is 1. The van der Waals surface area contributed by atoms with Crippen molar-refractivity contribution in [3.8, 4) is 0 Å². The van der Waals surface area contributed by atoms with Crippen LogP contribution in [-0.2, 0) is 10.3 Å². The van der Waals surface area contributed by atoms with Gasteiger partial charge in [0.2, 0.25) is 0 Å². The molecule has 7 heteroatoms. The fraction of sp³-hybridized carbons (Fsp3) is 0.222. The second kappa shape index (κ2) is 6.25. The highest BCUT2D eigenvalue weighted by molar-refractivity contribution is 6.07. The highest BCUT2D eigenvalue weighted by Gasteiger charge is 2.50. The highest BCUT2D eigenvalue weighted by atomic mass is 19.1. The van der Waals surface area contributed by atoms with Gasteiger partial charge in [-0.15, -0.1) is 0 Å². The average Bonchev–Trinajstić information content (AvgIpc) is 2.80. The summed E-state index contributed by atoms with van der Waals surface area (Å²) in [6, 6.07) is 10.0. The minimum absolute atomic E-state index is 0.0483. The first-order chi connectivity index (χ1) is 11.8. The number of amides is 3. The monoisotopic (exact) mass is 346 g/mol. The summed E-state index contributed by atoms with van der Waals surface area (Å²) < 4.78 is 27.0. The zero-order valence-electron chi connectivity index (χ0n) is 13.4. The van der Waals surface area contributed by atoms with Gasteiger partial charge in [0.25, 0.3) is 5.91 Å². The van der Waals surface area contributed by atoms with E-state index in [9.17, 15) is 23.5 Å². The molecule has 0 aliphatic carbocycles. The number of carbonyl (C=O) groups is 2. The third kappa shape index (κ3) is 2.98. The molecule has 2 aromatic carbocycles. The number of benzene rings is 2. The summed E-state index contributed by atoms with van der Waals surface area (Å²) in [6.45, 7) is 1.09. The van der Waals surface area contributed by atoms with E-state index in [4.69, 9.17) is 0 Å². The van der Waals surface area contributed by atoms with Crippen molar-refractivity contribution < 1.29 is 23.5 Å². The van der Waals surface area contributed by atoms with Crippen LogP contribution < -0.4 is 5.32 Å². The number of hydrogen-bond acceptors (Lipinski definition) is 3. The van der Waals surface area contributed by atoms with E-state index in [0.717, 1.165) is 4.90 Å². The van der Waals surface area contributed by atoms with Crippen LogP contribution in [0.1, 0.15) is 24.2 Å². The summed E-state index contributed by atoms with van der Waals surface area (Å²) in [5.41, 5.74) is -1.14. The van der Waals surface area contributed by atoms with Crippen LogP contribution in [0.3, 0.4) is 0 Å². The lowest BCUT2D eigenvalue weighted by Crippen LogP contribution is -2.42. The van der Waals surface area contributed by atoms with E-state index < -0.39 is 35.2 Å². The molecule has 2 N–H and O–H groups in total. The molecule has 3 rings (SSSR count). The predicted molar refractivity (Wildman–Crippen MR) is 85.4 cm³/mol. The maximum Gasteiger partial charge on any atom is 0.325 e. The predicted octanol–water partition coefficient (Wildman–Crippen LogP) is 2.47. The summed E-state index contributed by atoms with van der Waals surface area (Å²) in [4.78, 5) is 25.8. The lowest BCUT2D eigenvalue weighted by atomic mass is 9.91. The molecule has 25 heavy (non-hydrogen) atoms. The SMILES string of the molecule is CC1(c2ccccc2F)NC(=O)N(C[C@H](O)c2ccc(F)cc2)C1=O. The zero-order valence-corrected chi connectivity index (χ0v) is 13.4. The average molecular weight is 346 g/mol. The second-order valence-electron chi connectivity index (χ2n) is 6.02. The van der Waals surface area contributed by atoms with Gasteiger partial charge in [-0.25, -0.2) is 13.6 Å². The van der Waals surface area contributed by atoms with Gasteiger partial charge in [0.1, 0.15) is 17.2 Å². The molecule has 0 aromatic heterocycles. The molecule has 1 saturated heterocycles. The first kappa shape index (κ1) is 17.0. The topological polar surface area (TPSA) is 69.6 Å². The Morgan fingerprint density at radius 1 is 1.12 bits per heavy atom. The van der Waals surface area contributed by atoms with Crippen molar-refractivity contribution in [3.05, 3.63) is 71.3 Å². The molecule has 1 aliphatic heterocycles. The Morgan fingerprint density at radius 2 is 1.76 bits per heavy atom. The minimum Gasteiger partial charge on any atom is -0.387 e. The number of nitrogens with one attached hydrogen (secondary N) is 1. The summed E-state index contributed by atoms with van der Waals surface area (Å²) in [6.07, 6.45) is -1.18. The number of rotatable bonds is 4. The first-order valence-electron chi connectivity index (χ1n) is 7.65. The standard InChI is InChI=1S/C18H16F2N2O3/c1-18(13-4-2-3-5-14(13)20)16(24)22(17(25)21-18)10-15(23)11-6-8-12(19)9-7-11/h2-9,15,23H,10H2,1H3,(H,21,25)/t15-,18?/m0/s1. The van der Waals surface area contributed by atoms with Crippen molar-refractivity contribution in [3.63, 3.8) is 0 Å². The Hall–Kier alpha value is -2.80. The molecule has 1 unspecified atom stereocenters. The van der Waals surface area contributed by atoms with Crippen LogP contribution in [0.4, 0.5) is 13.6 Å². The van der Waals surface area contributed by atoms with Crippen molar-refractivity contribution in [2.24, 2.45) is 0 Å². The normalized spacial score (nSPS) is 21.4. The summed E-state index contributed by atoms with van der Waals surface area (Å²) >= 11 is 0. The van der Waals surface area contributed by atoms with Crippen molar-refractivity contribution >= 4 is 11.9 Å². The van der Waals surface area contributed by atoms with Gasteiger partial charge in [-0.2, -0.15) is 0 Å². The van der Waals surface area contributed by atoms with Crippen LogP contribution in [0.25, 0.3) is 0 Å². The molecule has 1 aliphatic rings. The van der Waals surface area contributed by atoms with Crippen molar-refractivity contribution in [1.29, 1.82) is 0 Å². The molecular formula is C18H16F2N2O3. The Balaban J connectivity index is 1.84. The molecule has 5 nitrogen and oxygen atoms in total. The molecule has 0 spiro atoms. The fourth-order valence-electron chi connectivity index (χ4n) is 2.88. The van der Waals surface area contributed by atoms with Gasteiger partial charge in [-0.3, -0.25) is 9.69 Å². The number of halogens is 2. The molecule has 1 fully saturated rings. The van der Waals surface area contributed by atoms with E-state index in [2.05, 4.69) is 5.32 Å². The molecule has 0 radical (unpaired) electrons. The van der Waals surface area contributed by atoms with Crippen molar-refractivity contribution in [1.82, 2.24) is 10.2 Å². The van der Waals surface area contributed by atoms with Gasteiger partial charge < -0.3 is 10.4 Å². The van der Waals surface area contributed by atoms with Gasteiger partial charge in [0, 0.05) is 5.56 Å². The van der Waals surface area contributed by atoms with Gasteiger partial charge in [-0.05, 0) is 30.7 Å². The van der Waals surface area contributed by atoms with Crippen LogP contribution in [0.2, 0.25) is 0 Å². The number of aliphatic hydroxyl groups is 1. The molecule has 0 bridgehead atoms. The third-order valence-corrected chi connectivity index (χ3v) is 4.30. The van der Waals surface area contributed by atoms with E-state index in [0.29, 0.717) is 5.56 Å². The molecule has 2 aromatic rings. The second-order valence-corrected chi connectivity index (χ2v) is 6.02. The zero-order chi connectivity index (χ0) is 18.2. The first-order valence-corrected chi connectivity index (χ1v) is 7.65. The van der Waals surface area contributed by atoms with E-state index in [-0.39, 0.29) is 12.1 Å². The number of nitrogens with zero attached hydrogens (tertiary/aromatic N) is 1. The smallest absolute Gasteiger partial charge is 0.325 e. The largest absolute Gasteiger partial charge is 0.387 e. The number of carbonyl (C=O) groups excluding carboxylic acids is 2. The quantitative estimate of drug-likeness (QED) is 0.836. The molecule has 130 valence electrons. The number of urea groups is 1. The Kier molecular flexibility index (Phi) is 4.26. The lowest BCUT2D eigenvalue weighted by Gasteiger charge is -2.23. The maximum atomic E-state index is 14.1. The van der Waals surface area contributed by atoms with Crippen LogP contribution in [0.5, 0.6) is 0 Å². The Bertz CT molecular complexity index is 825. The van der Waals surface area contributed by atoms with E-state index in [1.165, 1.54) is 49.4 Å². The summed E-state index contributed by atoms with van der Waals surface area (Å²) in [5.74, 6) is -1.73. The lowest BCUT2D eigenvalue weighted by molar-refractivity contribution is -0.132. The molecule has 1 heterocycles. The molecular weight excluding hydrogens is 330 g/mol. The number of hydrogen-bond donors (Lipinski definition) is 2. The van der Waals surface area contributed by atoms with Crippen LogP contribution >= 0.6 is 0 Å². The highest BCUT2D eigenvalue weighted by Crippen LogP contribution is 2.31. The van der Waals surface area contributed by atoms with Crippen LogP contribution in [-0.4, -0.2) is 28.5 Å². The van der Waals surface area contributed by atoms with Crippen molar-refractivity contribution in [2.75, 3.05) is 6.54 Å². The number of β-amino-alcohol motifs (C(OH)–C–C–N with tert-alkyl or cyclic N) is 1. The molecule has 2 atom stereocenters. The Morgan fingerprint density at radius 3 is 2.40 bits per heavy atom. The van der Waals surface area contributed by atoms with Gasteiger partial charge in [-0.1, -0.05) is 30.3 Å². The van der Waals surface area contributed by atoms with Gasteiger partial charge >= 0.3 is 6.03 Å². The molecule has 3 amide bonds. The summed E-state index contributed by atoms with van der Waals surface area (Å²) in [7, 11) is 0. The maximum absolute atomic E-state index is 14.1. The van der Waals surface area contributed by atoms with Crippen molar-refractivity contribution in [2.45, 2.75) is 18.6 Å². The van der Waals surface area contributed by atoms with Gasteiger partial charge in [0.05, 0.1) is 12.6 Å². The minimum atomic E-state index is -1.55. The van der Waals surface area contributed by atoms with Gasteiger partial charge in [0.15, 0.2) is 0 Å². The van der Waals surface area contributed by atoms with E-state index in [1.54, 1.807) is 6.07 Å². The van der Waals surface area contributed by atoms with Crippen LogP contribution in [0.15, 0.2) is 48.5 Å². The Labute approximate surface area is 142 Å². The third-order valence-electron chi connectivity index (χ3n) is 4.30. The molecule has 0 saturated carbocycles. The van der Waals surface area contributed by atoms with E-state index in [1.807, 2.05) is 0 Å². The summed E-state index contributed by atoms with van der Waals surface area (Å²) in [5, 5.41) is 12.7.